The Kier molecular flexibility index (Phi) is 4.90. The summed E-state index contributed by atoms with van der Waals surface area (Å²) in [4.78, 5) is 23.8. The van der Waals surface area contributed by atoms with Gasteiger partial charge in [0.1, 0.15) is 11.5 Å². The SMILES string of the molecule is COC(=O)COc1ccc2c(c1C)O/C(=C\c1ccccc1Br)C2=O. The van der Waals surface area contributed by atoms with Gasteiger partial charge in [0.25, 0.3) is 0 Å². The summed E-state index contributed by atoms with van der Waals surface area (Å²) < 4.78 is 16.6. The maximum absolute atomic E-state index is 12.6. The van der Waals surface area contributed by atoms with E-state index >= 15 is 0 Å². The van der Waals surface area contributed by atoms with Crippen LogP contribution in [0.5, 0.6) is 11.5 Å². The number of ketones is 1. The zero-order chi connectivity index (χ0) is 18.0. The predicted molar refractivity (Wildman–Crippen MR) is 95.8 cm³/mol. The Bertz CT molecular complexity index is 885. The third-order valence-electron chi connectivity index (χ3n) is 3.80. The topological polar surface area (TPSA) is 61.8 Å². The van der Waals surface area contributed by atoms with Gasteiger partial charge in [-0.15, -0.1) is 0 Å². The number of esters is 1. The first-order valence-corrected chi connectivity index (χ1v) is 8.32. The Hall–Kier alpha value is -2.60. The molecular weight excluding hydrogens is 388 g/mol. The number of hydrogen-bond donors (Lipinski definition) is 0. The summed E-state index contributed by atoms with van der Waals surface area (Å²) in [6.45, 7) is 1.57. The molecule has 0 atom stereocenters. The Morgan fingerprint density at radius 2 is 2.00 bits per heavy atom. The molecule has 0 radical (unpaired) electrons. The Balaban J connectivity index is 1.90. The number of ether oxygens (including phenoxy) is 3. The zero-order valence-corrected chi connectivity index (χ0v) is 15.3. The van der Waals surface area contributed by atoms with Gasteiger partial charge in [0.05, 0.1) is 12.7 Å². The van der Waals surface area contributed by atoms with E-state index in [1.165, 1.54) is 7.11 Å². The maximum Gasteiger partial charge on any atom is 0.343 e. The van der Waals surface area contributed by atoms with Crippen molar-refractivity contribution in [3.05, 3.63) is 63.3 Å². The molecule has 0 saturated heterocycles. The highest BCUT2D eigenvalue weighted by Crippen LogP contribution is 2.39. The van der Waals surface area contributed by atoms with Crippen molar-refractivity contribution in [3.8, 4) is 11.5 Å². The van der Waals surface area contributed by atoms with Gasteiger partial charge in [-0.25, -0.2) is 4.79 Å². The molecule has 6 heteroatoms. The summed E-state index contributed by atoms with van der Waals surface area (Å²) in [5, 5.41) is 0. The fourth-order valence-corrected chi connectivity index (χ4v) is 2.85. The van der Waals surface area contributed by atoms with Crippen LogP contribution in [0.25, 0.3) is 6.08 Å². The second-order valence-corrected chi connectivity index (χ2v) is 6.25. The number of halogens is 1. The van der Waals surface area contributed by atoms with E-state index in [1.807, 2.05) is 24.3 Å². The molecule has 0 amide bonds. The molecule has 1 heterocycles. The molecule has 2 aromatic rings. The van der Waals surface area contributed by atoms with Crippen molar-refractivity contribution in [2.24, 2.45) is 0 Å². The molecular formula is C19H15BrO5. The highest BCUT2D eigenvalue weighted by molar-refractivity contribution is 9.10. The highest BCUT2D eigenvalue weighted by atomic mass is 79.9. The molecule has 0 saturated carbocycles. The van der Waals surface area contributed by atoms with Crippen molar-refractivity contribution in [1.29, 1.82) is 0 Å². The molecule has 0 fully saturated rings. The van der Waals surface area contributed by atoms with E-state index in [9.17, 15) is 9.59 Å². The van der Waals surface area contributed by atoms with E-state index in [-0.39, 0.29) is 18.1 Å². The van der Waals surface area contributed by atoms with Crippen molar-refractivity contribution in [1.82, 2.24) is 0 Å². The minimum atomic E-state index is -0.480. The molecule has 2 aromatic carbocycles. The van der Waals surface area contributed by atoms with Crippen LogP contribution in [0.2, 0.25) is 0 Å². The van der Waals surface area contributed by atoms with Crippen molar-refractivity contribution in [2.75, 3.05) is 13.7 Å². The lowest BCUT2D eigenvalue weighted by Crippen LogP contribution is -2.13. The van der Waals surface area contributed by atoms with Crippen LogP contribution >= 0.6 is 15.9 Å². The van der Waals surface area contributed by atoms with Gasteiger partial charge < -0.3 is 14.2 Å². The van der Waals surface area contributed by atoms with Crippen LogP contribution in [0.4, 0.5) is 0 Å². The first-order chi connectivity index (χ1) is 12.0. The number of methoxy groups -OCH3 is 1. The molecule has 1 aliphatic heterocycles. The first-order valence-electron chi connectivity index (χ1n) is 7.53. The van der Waals surface area contributed by atoms with Gasteiger partial charge in [0.2, 0.25) is 5.78 Å². The zero-order valence-electron chi connectivity index (χ0n) is 13.7. The number of benzene rings is 2. The Morgan fingerprint density at radius 1 is 1.24 bits per heavy atom. The molecule has 25 heavy (non-hydrogen) atoms. The molecule has 128 valence electrons. The largest absolute Gasteiger partial charge is 0.481 e. The van der Waals surface area contributed by atoms with Crippen LogP contribution < -0.4 is 9.47 Å². The van der Waals surface area contributed by atoms with E-state index < -0.39 is 5.97 Å². The van der Waals surface area contributed by atoms with Crippen molar-refractivity contribution in [3.63, 3.8) is 0 Å². The number of rotatable bonds is 4. The predicted octanol–water partition coefficient (Wildman–Crippen LogP) is 3.93. The smallest absolute Gasteiger partial charge is 0.343 e. The number of Topliss-reactive ketones (excluding diaryl/α,β-unsaturated/α-hetero) is 1. The number of hydrogen-bond acceptors (Lipinski definition) is 5. The molecule has 0 aromatic heterocycles. The quantitative estimate of drug-likeness (QED) is 0.572. The van der Waals surface area contributed by atoms with Crippen LogP contribution in [-0.2, 0) is 9.53 Å². The molecule has 5 nitrogen and oxygen atoms in total. The minimum absolute atomic E-state index is 0.187. The molecule has 0 aliphatic carbocycles. The van der Waals surface area contributed by atoms with E-state index in [4.69, 9.17) is 9.47 Å². The van der Waals surface area contributed by atoms with Gasteiger partial charge >= 0.3 is 5.97 Å². The van der Waals surface area contributed by atoms with E-state index in [2.05, 4.69) is 20.7 Å². The lowest BCUT2D eigenvalue weighted by atomic mass is 10.1. The Morgan fingerprint density at radius 3 is 2.72 bits per heavy atom. The van der Waals surface area contributed by atoms with Crippen LogP contribution in [0.1, 0.15) is 21.5 Å². The summed E-state index contributed by atoms with van der Waals surface area (Å²) in [6, 6.07) is 10.8. The minimum Gasteiger partial charge on any atom is -0.481 e. The highest BCUT2D eigenvalue weighted by Gasteiger charge is 2.30. The van der Waals surface area contributed by atoms with E-state index in [0.29, 0.717) is 22.6 Å². The molecule has 1 aliphatic rings. The van der Waals surface area contributed by atoms with Crippen LogP contribution in [0.15, 0.2) is 46.6 Å². The maximum atomic E-state index is 12.6. The summed E-state index contributed by atoms with van der Waals surface area (Å²) >= 11 is 3.45. The standard InChI is InChI=1S/C19H15BrO5/c1-11-15(24-10-17(21)23-2)8-7-13-18(22)16(25-19(11)13)9-12-5-3-4-6-14(12)20/h3-9H,10H2,1-2H3/b16-9-. The third-order valence-corrected chi connectivity index (χ3v) is 4.52. The van der Waals surface area contributed by atoms with Crippen LogP contribution in [0, 0.1) is 6.92 Å². The number of carbonyl (C=O) groups excluding carboxylic acids is 2. The van der Waals surface area contributed by atoms with Gasteiger partial charge in [0, 0.05) is 10.0 Å². The lowest BCUT2D eigenvalue weighted by molar-refractivity contribution is -0.142. The van der Waals surface area contributed by atoms with Crippen LogP contribution in [0.3, 0.4) is 0 Å². The molecule has 3 rings (SSSR count). The molecule has 0 unspecified atom stereocenters. The van der Waals surface area contributed by atoms with Gasteiger partial charge in [-0.2, -0.15) is 0 Å². The second kappa shape index (κ2) is 7.11. The lowest BCUT2D eigenvalue weighted by Gasteiger charge is -2.10. The fraction of sp³-hybridized carbons (Fsp3) is 0.158. The second-order valence-electron chi connectivity index (χ2n) is 5.39. The first kappa shape index (κ1) is 17.2. The third kappa shape index (κ3) is 3.44. The fourth-order valence-electron chi connectivity index (χ4n) is 2.45. The van der Waals surface area contributed by atoms with E-state index in [1.54, 1.807) is 25.1 Å². The van der Waals surface area contributed by atoms with Crippen molar-refractivity contribution < 1.29 is 23.8 Å². The summed E-state index contributed by atoms with van der Waals surface area (Å²) in [6.07, 6.45) is 1.70. The summed E-state index contributed by atoms with van der Waals surface area (Å²) in [5.41, 5.74) is 1.98. The molecule has 0 N–H and O–H groups in total. The normalized spacial score (nSPS) is 14.2. The summed E-state index contributed by atoms with van der Waals surface area (Å²) in [5.74, 6) is 0.500. The number of fused-ring (bicyclic) bond motifs is 1. The van der Waals surface area contributed by atoms with E-state index in [0.717, 1.165) is 10.0 Å². The van der Waals surface area contributed by atoms with Crippen molar-refractivity contribution >= 4 is 33.8 Å². The van der Waals surface area contributed by atoms with Gasteiger partial charge in [-0.3, -0.25) is 4.79 Å². The number of allylic oxidation sites excluding steroid dienone is 1. The van der Waals surface area contributed by atoms with Gasteiger partial charge in [0.15, 0.2) is 12.4 Å². The average Bonchev–Trinajstić information content (AvgIpc) is 2.93. The molecule has 0 spiro atoms. The monoisotopic (exact) mass is 402 g/mol. The van der Waals surface area contributed by atoms with Gasteiger partial charge in [-0.1, -0.05) is 34.1 Å². The Labute approximate surface area is 153 Å². The van der Waals surface area contributed by atoms with Crippen LogP contribution in [-0.4, -0.2) is 25.5 Å². The summed E-state index contributed by atoms with van der Waals surface area (Å²) in [7, 11) is 1.29. The number of carbonyl (C=O) groups is 2. The van der Waals surface area contributed by atoms with Crippen molar-refractivity contribution in [2.45, 2.75) is 6.92 Å². The molecule has 0 bridgehead atoms. The van der Waals surface area contributed by atoms with Gasteiger partial charge in [-0.05, 0) is 36.8 Å². The average molecular weight is 403 g/mol.